The van der Waals surface area contributed by atoms with Crippen LogP contribution < -0.4 is 19.5 Å². The van der Waals surface area contributed by atoms with E-state index in [1.165, 1.54) is 6.08 Å². The number of nitrogens with zero attached hydrogens (tertiary/aromatic N) is 1. The fourth-order valence-corrected chi connectivity index (χ4v) is 3.76. The summed E-state index contributed by atoms with van der Waals surface area (Å²) in [7, 11) is 0. The molecule has 0 aromatic heterocycles. The molecular formula is C32H27ClN2O4. The van der Waals surface area contributed by atoms with Crippen LogP contribution in [0.5, 0.6) is 17.2 Å². The van der Waals surface area contributed by atoms with Crippen molar-refractivity contribution < 1.29 is 19.0 Å². The summed E-state index contributed by atoms with van der Waals surface area (Å²) in [6.07, 6.45) is 1.53. The highest BCUT2D eigenvalue weighted by atomic mass is 35.5. The minimum absolute atomic E-state index is 0.0170. The molecule has 1 amide bonds. The third-order valence-corrected chi connectivity index (χ3v) is 5.86. The normalized spacial score (nSPS) is 10.8. The molecule has 7 heteroatoms. The molecule has 0 saturated carbocycles. The second-order valence-electron chi connectivity index (χ2n) is 8.48. The Balaban J connectivity index is 1.36. The van der Waals surface area contributed by atoms with Gasteiger partial charge >= 0.3 is 0 Å². The lowest BCUT2D eigenvalue weighted by molar-refractivity contribution is -0.112. The van der Waals surface area contributed by atoms with Crippen molar-refractivity contribution in [3.05, 3.63) is 124 Å². The molecule has 39 heavy (non-hydrogen) atoms. The summed E-state index contributed by atoms with van der Waals surface area (Å²) in [5, 5.41) is 12.7. The monoisotopic (exact) mass is 538 g/mol. The second kappa shape index (κ2) is 13.7. The third-order valence-electron chi connectivity index (χ3n) is 5.61. The lowest BCUT2D eigenvalue weighted by Crippen LogP contribution is -2.13. The van der Waals surface area contributed by atoms with Gasteiger partial charge in [0.1, 0.15) is 30.6 Å². The van der Waals surface area contributed by atoms with Gasteiger partial charge in [-0.2, -0.15) is 5.26 Å². The molecule has 0 saturated heterocycles. The summed E-state index contributed by atoms with van der Waals surface area (Å²) in [5.41, 5.74) is 3.24. The van der Waals surface area contributed by atoms with E-state index >= 15 is 0 Å². The van der Waals surface area contributed by atoms with E-state index in [9.17, 15) is 10.1 Å². The number of carbonyl (C=O) groups is 1. The standard InChI is InChI=1S/C32H27ClN2O4/c1-2-37-31-19-25(10-17-30(31)39-21-24-6-4-3-5-7-24)22-38-29-15-8-23(9-16-29)18-26(20-34)32(36)35-28-13-11-27(33)12-14-28/h3-19H,2,21-22H2,1H3,(H,35,36)/b26-18-. The van der Waals surface area contributed by atoms with Gasteiger partial charge in [0.05, 0.1) is 6.61 Å². The second-order valence-corrected chi connectivity index (χ2v) is 8.91. The van der Waals surface area contributed by atoms with Gasteiger partial charge in [-0.25, -0.2) is 0 Å². The van der Waals surface area contributed by atoms with Crippen molar-refractivity contribution in [1.29, 1.82) is 5.26 Å². The maximum absolute atomic E-state index is 12.5. The van der Waals surface area contributed by atoms with Crippen molar-refractivity contribution in [2.75, 3.05) is 11.9 Å². The van der Waals surface area contributed by atoms with E-state index in [4.69, 9.17) is 25.8 Å². The number of anilines is 1. The first kappa shape index (κ1) is 27.3. The van der Waals surface area contributed by atoms with Crippen molar-refractivity contribution >= 4 is 29.3 Å². The highest BCUT2D eigenvalue weighted by molar-refractivity contribution is 6.30. The number of halogens is 1. The average molecular weight is 539 g/mol. The zero-order valence-electron chi connectivity index (χ0n) is 21.4. The van der Waals surface area contributed by atoms with Crippen LogP contribution in [0.25, 0.3) is 6.08 Å². The van der Waals surface area contributed by atoms with E-state index in [-0.39, 0.29) is 5.57 Å². The quantitative estimate of drug-likeness (QED) is 0.158. The Morgan fingerprint density at radius 3 is 2.26 bits per heavy atom. The Hall–Kier alpha value is -4.73. The Labute approximate surface area is 233 Å². The van der Waals surface area contributed by atoms with Crippen LogP contribution in [0.4, 0.5) is 5.69 Å². The fraction of sp³-hybridized carbons (Fsp3) is 0.125. The maximum Gasteiger partial charge on any atom is 0.266 e. The van der Waals surface area contributed by atoms with Crippen LogP contribution in [0.15, 0.2) is 103 Å². The lowest BCUT2D eigenvalue weighted by Gasteiger charge is -2.14. The van der Waals surface area contributed by atoms with Crippen LogP contribution in [0.3, 0.4) is 0 Å². The molecule has 196 valence electrons. The molecular weight excluding hydrogens is 512 g/mol. The molecule has 0 aliphatic carbocycles. The van der Waals surface area contributed by atoms with Crippen molar-refractivity contribution in [2.24, 2.45) is 0 Å². The van der Waals surface area contributed by atoms with E-state index < -0.39 is 5.91 Å². The van der Waals surface area contributed by atoms with Crippen LogP contribution in [0, 0.1) is 11.3 Å². The number of hydrogen-bond donors (Lipinski definition) is 1. The van der Waals surface area contributed by atoms with Crippen molar-refractivity contribution in [1.82, 2.24) is 0 Å². The number of benzene rings is 4. The van der Waals surface area contributed by atoms with Crippen molar-refractivity contribution in [3.8, 4) is 23.3 Å². The molecule has 0 aliphatic rings. The molecule has 0 heterocycles. The molecule has 4 aromatic carbocycles. The average Bonchev–Trinajstić information content (AvgIpc) is 2.96. The molecule has 0 spiro atoms. The molecule has 6 nitrogen and oxygen atoms in total. The molecule has 0 fully saturated rings. The number of ether oxygens (including phenoxy) is 3. The molecule has 4 aromatic rings. The van der Waals surface area contributed by atoms with Gasteiger partial charge in [-0.15, -0.1) is 0 Å². The van der Waals surface area contributed by atoms with Crippen molar-refractivity contribution in [3.63, 3.8) is 0 Å². The first-order valence-electron chi connectivity index (χ1n) is 12.4. The van der Waals surface area contributed by atoms with Crippen LogP contribution >= 0.6 is 11.6 Å². The Kier molecular flexibility index (Phi) is 9.60. The molecule has 0 atom stereocenters. The highest BCUT2D eigenvalue weighted by Gasteiger charge is 2.11. The summed E-state index contributed by atoms with van der Waals surface area (Å²) < 4.78 is 17.7. The summed E-state index contributed by atoms with van der Waals surface area (Å²) in [5.74, 6) is 1.49. The van der Waals surface area contributed by atoms with E-state index in [1.54, 1.807) is 48.5 Å². The predicted octanol–water partition coefficient (Wildman–Crippen LogP) is 7.44. The zero-order valence-corrected chi connectivity index (χ0v) is 22.2. The Morgan fingerprint density at radius 1 is 0.846 bits per heavy atom. The first-order chi connectivity index (χ1) is 19.0. The highest BCUT2D eigenvalue weighted by Crippen LogP contribution is 2.30. The Morgan fingerprint density at radius 2 is 1.56 bits per heavy atom. The lowest BCUT2D eigenvalue weighted by atomic mass is 10.1. The number of nitrogens with one attached hydrogen (secondary N) is 1. The predicted molar refractivity (Wildman–Crippen MR) is 153 cm³/mol. The molecule has 0 aliphatic heterocycles. The van der Waals surface area contributed by atoms with Gasteiger partial charge in [-0.05, 0) is 78.2 Å². The Bertz CT molecular complexity index is 1460. The van der Waals surface area contributed by atoms with Gasteiger partial charge in [-0.3, -0.25) is 4.79 Å². The van der Waals surface area contributed by atoms with Crippen LogP contribution in [0.1, 0.15) is 23.6 Å². The van der Waals surface area contributed by atoms with E-state index in [0.717, 1.165) is 11.1 Å². The third kappa shape index (κ3) is 8.13. The minimum atomic E-state index is -0.499. The topological polar surface area (TPSA) is 80.6 Å². The number of nitriles is 1. The van der Waals surface area contributed by atoms with E-state index in [2.05, 4.69) is 5.32 Å². The minimum Gasteiger partial charge on any atom is -0.490 e. The summed E-state index contributed by atoms with van der Waals surface area (Å²) >= 11 is 5.87. The zero-order chi connectivity index (χ0) is 27.5. The summed E-state index contributed by atoms with van der Waals surface area (Å²) in [6, 6.07) is 31.5. The van der Waals surface area contributed by atoms with Gasteiger partial charge < -0.3 is 19.5 Å². The molecule has 0 bridgehead atoms. The van der Waals surface area contributed by atoms with Gasteiger partial charge in [-0.1, -0.05) is 60.1 Å². The molecule has 0 unspecified atom stereocenters. The maximum atomic E-state index is 12.5. The van der Waals surface area contributed by atoms with Crippen LogP contribution in [0.2, 0.25) is 5.02 Å². The van der Waals surface area contributed by atoms with Gasteiger partial charge in [0, 0.05) is 10.7 Å². The van der Waals surface area contributed by atoms with Crippen molar-refractivity contribution in [2.45, 2.75) is 20.1 Å². The SMILES string of the molecule is CCOc1cc(COc2ccc(/C=C(/C#N)C(=O)Nc3ccc(Cl)cc3)cc2)ccc1OCc1ccccc1. The van der Waals surface area contributed by atoms with Gasteiger partial charge in [0.25, 0.3) is 5.91 Å². The number of carbonyl (C=O) groups excluding carboxylic acids is 1. The van der Waals surface area contributed by atoms with Gasteiger partial charge in [0.15, 0.2) is 11.5 Å². The summed E-state index contributed by atoms with van der Waals surface area (Å²) in [4.78, 5) is 12.5. The van der Waals surface area contributed by atoms with E-state index in [0.29, 0.717) is 53.3 Å². The number of hydrogen-bond acceptors (Lipinski definition) is 5. The molecule has 1 N–H and O–H groups in total. The number of rotatable bonds is 11. The number of amides is 1. The largest absolute Gasteiger partial charge is 0.490 e. The van der Waals surface area contributed by atoms with Gasteiger partial charge in [0.2, 0.25) is 0 Å². The van der Waals surface area contributed by atoms with Crippen LogP contribution in [-0.2, 0) is 18.0 Å². The molecule has 0 radical (unpaired) electrons. The summed E-state index contributed by atoms with van der Waals surface area (Å²) in [6.45, 7) is 3.23. The molecule has 4 rings (SSSR count). The van der Waals surface area contributed by atoms with Crippen LogP contribution in [-0.4, -0.2) is 12.5 Å². The smallest absolute Gasteiger partial charge is 0.266 e. The first-order valence-corrected chi connectivity index (χ1v) is 12.8. The van der Waals surface area contributed by atoms with E-state index in [1.807, 2.05) is 61.5 Å². The fourth-order valence-electron chi connectivity index (χ4n) is 3.64.